The molecular weight excluding hydrogens is 351 g/mol. The van der Waals surface area contributed by atoms with Crippen molar-refractivity contribution in [3.8, 4) is 0 Å². The molecule has 0 bridgehead atoms. The largest absolute Gasteiger partial charge is 0.458 e. The first-order valence-electron chi connectivity index (χ1n) is 3.31. The van der Waals surface area contributed by atoms with E-state index >= 15 is 0 Å². The Balaban J connectivity index is 5.64. The van der Waals surface area contributed by atoms with Gasteiger partial charge in [0.15, 0.2) is 0 Å². The molecule has 18 heavy (non-hydrogen) atoms. The minimum Gasteiger partial charge on any atom is -0.211 e. The molecule has 0 aliphatic rings. The highest BCUT2D eigenvalue weighted by atomic mass is 35.5. The van der Waals surface area contributed by atoms with E-state index in [1.807, 2.05) is 0 Å². The van der Waals surface area contributed by atoms with E-state index in [9.17, 15) is 43.0 Å². The zero-order chi connectivity index (χ0) is 15.2. The van der Waals surface area contributed by atoms with Crippen molar-refractivity contribution in [2.75, 3.05) is 0 Å². The average molecular weight is 351 g/mol. The van der Waals surface area contributed by atoms with Gasteiger partial charge < -0.3 is 0 Å². The molecule has 2 unspecified atom stereocenters. The maximum Gasteiger partial charge on any atom is 0.458 e. The molecule has 0 heterocycles. The lowest BCUT2D eigenvalue weighted by Gasteiger charge is -2.34. The van der Waals surface area contributed by atoms with E-state index in [2.05, 4.69) is 27.4 Å². The lowest BCUT2D eigenvalue weighted by Crippen LogP contribution is -2.60. The first kappa shape index (κ1) is 17.9. The molecule has 0 spiro atoms. The Labute approximate surface area is 104 Å². The molecule has 110 valence electrons. The van der Waals surface area contributed by atoms with Crippen molar-refractivity contribution in [2.24, 2.45) is 0 Å². The molecule has 0 aromatic carbocycles. The molecule has 0 aliphatic heterocycles. The highest BCUT2D eigenvalue weighted by Crippen LogP contribution is 2.56. The number of alkyl halides is 9. The fourth-order valence-electron chi connectivity index (χ4n) is 0.538. The van der Waals surface area contributed by atoms with Gasteiger partial charge in [0.25, 0.3) is 0 Å². The topological polar surface area (TPSA) is 43.4 Å². The summed E-state index contributed by atoms with van der Waals surface area (Å²) in [5.74, 6) is -6.68. The molecule has 0 N–H and O–H groups in total. The van der Waals surface area contributed by atoms with Crippen LogP contribution >= 0.6 is 23.2 Å². The molecule has 0 aromatic heterocycles. The van der Waals surface area contributed by atoms with Crippen molar-refractivity contribution in [1.82, 2.24) is 0 Å². The summed E-state index contributed by atoms with van der Waals surface area (Å²) < 4.78 is 119. The quantitative estimate of drug-likeness (QED) is 0.444. The summed E-state index contributed by atoms with van der Waals surface area (Å²) in [6.45, 7) is 0. The Hall–Kier alpha value is -0.0700. The number of halogens is 10. The third kappa shape index (κ3) is 3.27. The van der Waals surface area contributed by atoms with Crippen molar-refractivity contribution in [1.29, 1.82) is 0 Å². The molecule has 2 atom stereocenters. The van der Waals surface area contributed by atoms with Crippen molar-refractivity contribution in [3.05, 3.63) is 0 Å². The van der Waals surface area contributed by atoms with Crippen LogP contribution in [0, 0.1) is 0 Å². The van der Waals surface area contributed by atoms with Gasteiger partial charge in [-0.15, -0.1) is 0 Å². The Kier molecular flexibility index (Phi) is 4.47. The molecule has 0 fully saturated rings. The van der Waals surface area contributed by atoms with Gasteiger partial charge in [-0.05, 0) is 11.6 Å². The smallest absolute Gasteiger partial charge is 0.211 e. The molecule has 0 saturated carbocycles. The molecule has 14 heteroatoms. The summed E-state index contributed by atoms with van der Waals surface area (Å²) >= 11 is 7.92. The highest BCUT2D eigenvalue weighted by molar-refractivity contribution is 7.81. The summed E-state index contributed by atoms with van der Waals surface area (Å²) in [5, 5.41) is -11.5. The van der Waals surface area contributed by atoms with Crippen molar-refractivity contribution < 1.29 is 47.2 Å². The minimum absolute atomic E-state index is 2.29. The van der Waals surface area contributed by atoms with E-state index in [1.54, 1.807) is 0 Å². The molecule has 3 nitrogen and oxygen atoms in total. The predicted molar refractivity (Wildman–Crippen MR) is 41.5 cm³/mol. The number of hydrogen-bond acceptors (Lipinski definition) is 3. The van der Waals surface area contributed by atoms with Crippen LogP contribution in [-0.2, 0) is 14.7 Å². The molecule has 0 aromatic rings. The standard InChI is InChI=1S/C4Cl2F8O3S/c5-1(7,2(8,9)4(11,12)13)3(6,10)17-18(14,15)16. The monoisotopic (exact) mass is 350 g/mol. The second-order valence-corrected chi connectivity index (χ2v) is 4.60. The Bertz CT molecular complexity index is 415. The van der Waals surface area contributed by atoms with Gasteiger partial charge in [-0.1, -0.05) is 15.5 Å². The van der Waals surface area contributed by atoms with Crippen molar-refractivity contribution >= 4 is 33.7 Å². The van der Waals surface area contributed by atoms with Crippen molar-refractivity contribution in [3.63, 3.8) is 0 Å². The zero-order valence-electron chi connectivity index (χ0n) is 7.41. The molecule has 0 aliphatic carbocycles. The fraction of sp³-hybridized carbons (Fsp3) is 1.00. The zero-order valence-corrected chi connectivity index (χ0v) is 9.74. The molecule has 0 rings (SSSR count). The van der Waals surface area contributed by atoms with Gasteiger partial charge in [-0.2, -0.15) is 38.9 Å². The van der Waals surface area contributed by atoms with E-state index in [0.29, 0.717) is 0 Å². The van der Waals surface area contributed by atoms with Gasteiger partial charge in [-0.25, -0.2) is 4.39 Å². The lowest BCUT2D eigenvalue weighted by atomic mass is 10.2. The van der Waals surface area contributed by atoms with Gasteiger partial charge in [0.05, 0.1) is 0 Å². The summed E-state index contributed by atoms with van der Waals surface area (Å²) in [6, 6.07) is 0. The van der Waals surface area contributed by atoms with Crippen LogP contribution in [0.2, 0.25) is 0 Å². The lowest BCUT2D eigenvalue weighted by molar-refractivity contribution is -0.333. The average Bonchev–Trinajstić information content (AvgIpc) is 1.95. The van der Waals surface area contributed by atoms with Crippen LogP contribution in [0.4, 0.5) is 34.6 Å². The normalized spacial score (nSPS) is 21.2. The van der Waals surface area contributed by atoms with Gasteiger partial charge >= 0.3 is 33.0 Å². The van der Waals surface area contributed by atoms with E-state index in [1.165, 1.54) is 0 Å². The van der Waals surface area contributed by atoms with Crippen LogP contribution in [0.25, 0.3) is 0 Å². The summed E-state index contributed by atoms with van der Waals surface area (Å²) in [4.78, 5) is 0. The third-order valence-corrected chi connectivity index (χ3v) is 2.76. The van der Waals surface area contributed by atoms with Crippen LogP contribution in [-0.4, -0.2) is 31.0 Å². The van der Waals surface area contributed by atoms with Gasteiger partial charge in [0.1, 0.15) is 0 Å². The molecule has 0 amide bonds. The summed E-state index contributed by atoms with van der Waals surface area (Å²) in [5.41, 5.74) is 0. The predicted octanol–water partition coefficient (Wildman–Crippen LogP) is 3.18. The van der Waals surface area contributed by atoms with Gasteiger partial charge in [0.2, 0.25) is 0 Å². The first-order valence-corrected chi connectivity index (χ1v) is 5.37. The van der Waals surface area contributed by atoms with Crippen LogP contribution in [0.1, 0.15) is 0 Å². The second-order valence-electron chi connectivity index (χ2n) is 2.64. The Morgan fingerprint density at radius 1 is 0.889 bits per heavy atom. The third-order valence-electron chi connectivity index (χ3n) is 1.32. The molecular formula is C4Cl2F8O3S. The van der Waals surface area contributed by atoms with E-state index in [0.717, 1.165) is 0 Å². The fourth-order valence-corrected chi connectivity index (χ4v) is 1.44. The van der Waals surface area contributed by atoms with Gasteiger partial charge in [0, 0.05) is 0 Å². The van der Waals surface area contributed by atoms with Crippen LogP contribution in [0.5, 0.6) is 0 Å². The van der Waals surface area contributed by atoms with Crippen LogP contribution in [0.3, 0.4) is 0 Å². The molecule has 0 radical (unpaired) electrons. The molecule has 0 saturated heterocycles. The highest BCUT2D eigenvalue weighted by Gasteiger charge is 2.80. The first-order chi connectivity index (χ1) is 7.46. The maximum atomic E-state index is 12.9. The number of hydrogen-bond donors (Lipinski definition) is 0. The van der Waals surface area contributed by atoms with Crippen LogP contribution in [0.15, 0.2) is 0 Å². The SMILES string of the molecule is O=S(=O)(F)OC(F)(Cl)C(F)(Cl)C(F)(F)C(F)(F)F. The van der Waals surface area contributed by atoms with Gasteiger partial charge in [-0.3, -0.25) is 0 Å². The van der Waals surface area contributed by atoms with E-state index in [-0.39, 0.29) is 0 Å². The minimum atomic E-state index is -6.75. The van der Waals surface area contributed by atoms with E-state index in [4.69, 9.17) is 0 Å². The summed E-state index contributed by atoms with van der Waals surface area (Å²) in [6.07, 6.45) is -6.75. The van der Waals surface area contributed by atoms with Crippen LogP contribution < -0.4 is 0 Å². The Morgan fingerprint density at radius 3 is 1.44 bits per heavy atom. The van der Waals surface area contributed by atoms with Crippen molar-refractivity contribution in [2.45, 2.75) is 22.5 Å². The summed E-state index contributed by atoms with van der Waals surface area (Å²) in [7, 11) is -6.50. The maximum absolute atomic E-state index is 12.9. The van der Waals surface area contributed by atoms with E-state index < -0.39 is 33.0 Å². The number of rotatable bonds is 4. The second kappa shape index (κ2) is 4.49. The Morgan fingerprint density at radius 2 is 1.22 bits per heavy atom.